The number of fused-ring (bicyclic) bond motifs is 24. The SMILES string of the molecule is CCCCOc1c2ccccc2c(OCCCC)c2c3[nH]c(c12)Nc1[nH]c(c2c(OCCCC)c4ccccc4c(OCCCC)c12)Nc1[nH]c(c2c(OCCCC)c4ccccc4c(OCCCC)c12)Nc1[nH]c(c2c(OCCCC)c4ccccc4c(OCCCC)c12)N3. The first-order chi connectivity index (χ1) is 47.4. The second-order valence-electron chi connectivity index (χ2n) is 25.4. The van der Waals surface area contributed by atoms with E-state index >= 15 is 0 Å². The topological polar surface area (TPSA) is 185 Å². The molecular weight excluding hydrogens is 1200 g/mol. The van der Waals surface area contributed by atoms with Crippen LogP contribution in [0.1, 0.15) is 158 Å². The number of rotatable bonds is 32. The Morgan fingerprint density at radius 3 is 0.438 bits per heavy atom. The van der Waals surface area contributed by atoms with Crippen molar-refractivity contribution in [3.05, 3.63) is 97.1 Å². The van der Waals surface area contributed by atoms with Gasteiger partial charge in [-0.3, -0.25) is 0 Å². The maximum absolute atomic E-state index is 7.21. The quantitative estimate of drug-likeness (QED) is 0.0187. The van der Waals surface area contributed by atoms with Crippen LogP contribution >= 0.6 is 0 Å². The van der Waals surface area contributed by atoms with E-state index in [9.17, 15) is 0 Å². The van der Waals surface area contributed by atoms with Crippen molar-refractivity contribution in [1.29, 1.82) is 0 Å². The molecule has 504 valence electrons. The Morgan fingerprint density at radius 1 is 0.198 bits per heavy atom. The third-order valence-corrected chi connectivity index (χ3v) is 18.4. The van der Waals surface area contributed by atoms with Crippen LogP contribution in [0.5, 0.6) is 46.0 Å². The highest BCUT2D eigenvalue weighted by Gasteiger charge is 2.34. The standard InChI is InChI=1S/C80H96N8O8/c1-9-17-41-89-65-49-33-25-26-34-50(49)66(90-42-18-10-2)58-57(65)73-81-74(58)86-76-61-62(70(94-46-22-14-6)54-38-30-29-37-53(54)69(61)93-45-21-13-5)78(83-76)88-80-64-63(71(95-47-23-15-7)55-39-31-32-40-56(55)72(64)96-48-24-16-8)79(84-80)87-77-60-59(75(82-77)85-73)67(91-43-19-11-3)51-35-27-28-36-52(51)68(60)92-44-20-12-4/h25-40,81-88H,9-24,41-48H2,1-8H3. The molecule has 0 amide bonds. The summed E-state index contributed by atoms with van der Waals surface area (Å²) in [5.41, 5.74) is 0. The molecule has 0 unspecified atom stereocenters. The molecule has 8 aromatic carbocycles. The molecule has 5 heterocycles. The molecule has 0 atom stereocenters. The van der Waals surface area contributed by atoms with Crippen molar-refractivity contribution in [1.82, 2.24) is 19.9 Å². The molecule has 0 spiro atoms. The largest absolute Gasteiger partial charge is 0.492 e. The predicted octanol–water partition coefficient (Wildman–Crippen LogP) is 22.9. The number of hydrogen-bond acceptors (Lipinski definition) is 12. The molecule has 16 nitrogen and oxygen atoms in total. The van der Waals surface area contributed by atoms with Gasteiger partial charge < -0.3 is 79.1 Å². The van der Waals surface area contributed by atoms with Crippen LogP contribution in [0.4, 0.5) is 46.5 Å². The van der Waals surface area contributed by atoms with E-state index in [0.29, 0.717) is 99.4 Å². The zero-order chi connectivity index (χ0) is 66.1. The molecule has 13 rings (SSSR count). The summed E-state index contributed by atoms with van der Waals surface area (Å²) < 4.78 is 57.7. The Balaban J connectivity index is 1.23. The lowest BCUT2D eigenvalue weighted by atomic mass is 10.0. The summed E-state index contributed by atoms with van der Waals surface area (Å²) in [5.74, 6) is 11.1. The van der Waals surface area contributed by atoms with Crippen molar-refractivity contribution in [2.45, 2.75) is 158 Å². The van der Waals surface area contributed by atoms with E-state index in [4.69, 9.17) is 37.9 Å². The van der Waals surface area contributed by atoms with Crippen LogP contribution in [0.3, 0.4) is 0 Å². The summed E-state index contributed by atoms with van der Waals surface area (Å²) in [6.07, 6.45) is 14.5. The normalized spacial score (nSPS) is 12.2. The lowest BCUT2D eigenvalue weighted by Crippen LogP contribution is -2.03. The fourth-order valence-corrected chi connectivity index (χ4v) is 13.4. The van der Waals surface area contributed by atoms with Gasteiger partial charge in [0.25, 0.3) is 0 Å². The van der Waals surface area contributed by atoms with Gasteiger partial charge in [-0.1, -0.05) is 204 Å². The zero-order valence-corrected chi connectivity index (χ0v) is 57.5. The van der Waals surface area contributed by atoms with E-state index in [1.165, 1.54) is 0 Å². The average molecular weight is 1300 g/mol. The third kappa shape index (κ3) is 12.4. The van der Waals surface area contributed by atoms with Gasteiger partial charge in [-0.2, -0.15) is 0 Å². The fraction of sp³-hybridized carbons (Fsp3) is 0.400. The smallest absolute Gasteiger partial charge is 0.139 e. The first-order valence-corrected chi connectivity index (χ1v) is 35.9. The van der Waals surface area contributed by atoms with Crippen molar-refractivity contribution < 1.29 is 37.9 Å². The first kappa shape index (κ1) is 65.2. The molecule has 0 saturated heterocycles. The summed E-state index contributed by atoms with van der Waals surface area (Å²) in [5, 5.41) is 30.4. The van der Waals surface area contributed by atoms with Gasteiger partial charge in [-0.15, -0.1) is 0 Å². The lowest BCUT2D eigenvalue weighted by Gasteiger charge is -2.19. The van der Waals surface area contributed by atoms with Gasteiger partial charge in [0.1, 0.15) is 92.5 Å². The summed E-state index contributed by atoms with van der Waals surface area (Å²) >= 11 is 0. The molecule has 0 fully saturated rings. The van der Waals surface area contributed by atoms with Gasteiger partial charge in [0.2, 0.25) is 0 Å². The molecular formula is C80H96N8O8. The Bertz CT molecular complexity index is 3840. The molecule has 16 heteroatoms. The van der Waals surface area contributed by atoms with Gasteiger partial charge >= 0.3 is 0 Å². The van der Waals surface area contributed by atoms with E-state index in [0.717, 1.165) is 235 Å². The van der Waals surface area contributed by atoms with Crippen molar-refractivity contribution in [3.8, 4) is 46.0 Å². The van der Waals surface area contributed by atoms with Crippen LogP contribution in [-0.4, -0.2) is 72.8 Å². The maximum Gasteiger partial charge on any atom is 0.139 e. The van der Waals surface area contributed by atoms with Gasteiger partial charge in [0, 0.05) is 43.1 Å². The van der Waals surface area contributed by atoms with E-state index in [-0.39, 0.29) is 0 Å². The molecule has 0 aliphatic carbocycles. The lowest BCUT2D eigenvalue weighted by molar-refractivity contribution is 0.311. The van der Waals surface area contributed by atoms with Crippen molar-refractivity contribution in [2.24, 2.45) is 0 Å². The number of benzene rings is 8. The second kappa shape index (κ2) is 30.1. The average Bonchev–Trinajstić information content (AvgIpc) is 1.56. The number of hydrogen-bond donors (Lipinski definition) is 8. The highest BCUT2D eigenvalue weighted by molar-refractivity contribution is 6.27. The Hall–Kier alpha value is -9.44. The summed E-state index contributed by atoms with van der Waals surface area (Å²) in [4.78, 5) is 16.1. The maximum atomic E-state index is 7.21. The van der Waals surface area contributed by atoms with Crippen molar-refractivity contribution in [3.63, 3.8) is 0 Å². The molecule has 0 saturated carbocycles. The van der Waals surface area contributed by atoms with Crippen molar-refractivity contribution >= 4 is 133 Å². The summed E-state index contributed by atoms with van der Waals surface area (Å²) in [7, 11) is 0. The highest BCUT2D eigenvalue weighted by atomic mass is 16.5. The number of unbranched alkanes of at least 4 members (excludes halogenated alkanes) is 8. The van der Waals surface area contributed by atoms with Crippen molar-refractivity contribution in [2.75, 3.05) is 74.1 Å². The van der Waals surface area contributed by atoms with Gasteiger partial charge in [0.05, 0.1) is 95.9 Å². The predicted molar refractivity (Wildman–Crippen MR) is 400 cm³/mol. The van der Waals surface area contributed by atoms with Crippen LogP contribution in [0, 0.1) is 0 Å². The summed E-state index contributed by atoms with van der Waals surface area (Å²) in [6, 6.07) is 33.9. The Kier molecular flexibility index (Phi) is 20.5. The first-order valence-electron chi connectivity index (χ1n) is 35.9. The highest BCUT2D eigenvalue weighted by Crippen LogP contribution is 2.58. The van der Waals surface area contributed by atoms with E-state index in [2.05, 4.69) is 194 Å². The minimum Gasteiger partial charge on any atom is -0.492 e. The van der Waals surface area contributed by atoms with E-state index < -0.39 is 0 Å². The fourth-order valence-electron chi connectivity index (χ4n) is 13.4. The monoisotopic (exact) mass is 1300 g/mol. The number of ether oxygens (including phenoxy) is 8. The number of H-pyrrole nitrogens is 4. The Labute approximate surface area is 563 Å². The number of anilines is 8. The number of aromatic amines is 4. The van der Waals surface area contributed by atoms with E-state index in [1.807, 2.05) is 0 Å². The summed E-state index contributed by atoms with van der Waals surface area (Å²) in [6.45, 7) is 21.6. The second-order valence-corrected chi connectivity index (χ2v) is 25.4. The van der Waals surface area contributed by atoms with Crippen LogP contribution in [0.25, 0.3) is 86.2 Å². The van der Waals surface area contributed by atoms with Gasteiger partial charge in [-0.25, -0.2) is 0 Å². The molecule has 1 aliphatic rings. The minimum atomic E-state index is 0.498. The molecule has 1 aliphatic heterocycles. The third-order valence-electron chi connectivity index (χ3n) is 18.4. The number of nitrogens with one attached hydrogen (secondary N) is 8. The molecule has 8 N–H and O–H groups in total. The minimum absolute atomic E-state index is 0.498. The van der Waals surface area contributed by atoms with Crippen LogP contribution in [0.15, 0.2) is 97.1 Å². The molecule has 4 aromatic heterocycles. The van der Waals surface area contributed by atoms with E-state index in [1.54, 1.807) is 0 Å². The van der Waals surface area contributed by atoms with Crippen LogP contribution < -0.4 is 59.2 Å². The van der Waals surface area contributed by atoms with Crippen LogP contribution in [0.2, 0.25) is 0 Å². The molecule has 12 aromatic rings. The molecule has 0 radical (unpaired) electrons. The Morgan fingerprint density at radius 2 is 0.323 bits per heavy atom. The molecule has 96 heavy (non-hydrogen) atoms. The van der Waals surface area contributed by atoms with Gasteiger partial charge in [-0.05, 0) is 51.4 Å². The van der Waals surface area contributed by atoms with Gasteiger partial charge in [0.15, 0.2) is 0 Å². The molecule has 8 bridgehead atoms. The van der Waals surface area contributed by atoms with Crippen LogP contribution in [-0.2, 0) is 0 Å². The number of aromatic nitrogens is 4. The zero-order valence-electron chi connectivity index (χ0n) is 57.5.